The number of aromatic carboxylic acids is 1. The molecule has 0 heterocycles. The number of nitriles is 1. The fourth-order valence-electron chi connectivity index (χ4n) is 1.75. The van der Waals surface area contributed by atoms with Crippen molar-refractivity contribution in [2.45, 2.75) is 0 Å². The molecule has 0 aliphatic heterocycles. The van der Waals surface area contributed by atoms with Gasteiger partial charge >= 0.3 is 5.97 Å². The zero-order chi connectivity index (χ0) is 15.4. The minimum absolute atomic E-state index is 0.122. The van der Waals surface area contributed by atoms with Gasteiger partial charge in [0.1, 0.15) is 5.75 Å². The molecular formula is C16H10BrNO3. The highest BCUT2D eigenvalue weighted by atomic mass is 79.9. The molecular weight excluding hydrogens is 334 g/mol. The Balaban J connectivity index is 2.39. The quantitative estimate of drug-likeness (QED) is 0.653. The van der Waals surface area contributed by atoms with E-state index in [1.807, 2.05) is 0 Å². The van der Waals surface area contributed by atoms with Crippen LogP contribution in [0.2, 0.25) is 0 Å². The average molecular weight is 344 g/mol. The molecule has 0 unspecified atom stereocenters. The van der Waals surface area contributed by atoms with Gasteiger partial charge in [0.2, 0.25) is 0 Å². The Morgan fingerprint density at radius 2 is 1.76 bits per heavy atom. The van der Waals surface area contributed by atoms with E-state index in [1.54, 1.807) is 30.3 Å². The summed E-state index contributed by atoms with van der Waals surface area (Å²) in [7, 11) is 0. The number of allylic oxidation sites excluding steroid dienone is 1. The van der Waals surface area contributed by atoms with Crippen molar-refractivity contribution in [3.05, 3.63) is 63.6 Å². The number of aromatic hydroxyl groups is 1. The van der Waals surface area contributed by atoms with Crippen LogP contribution in [-0.2, 0) is 0 Å². The van der Waals surface area contributed by atoms with Crippen molar-refractivity contribution in [3.8, 4) is 11.8 Å². The second kappa shape index (κ2) is 6.25. The van der Waals surface area contributed by atoms with Crippen molar-refractivity contribution < 1.29 is 15.0 Å². The third-order valence-electron chi connectivity index (χ3n) is 2.85. The van der Waals surface area contributed by atoms with Crippen LogP contribution in [0.5, 0.6) is 5.75 Å². The fourth-order valence-corrected chi connectivity index (χ4v) is 2.15. The van der Waals surface area contributed by atoms with Gasteiger partial charge in [0.25, 0.3) is 0 Å². The number of phenols is 1. The topological polar surface area (TPSA) is 81.3 Å². The van der Waals surface area contributed by atoms with Crippen molar-refractivity contribution >= 4 is 33.5 Å². The maximum absolute atomic E-state index is 10.8. The summed E-state index contributed by atoms with van der Waals surface area (Å²) >= 11 is 3.21. The average Bonchev–Trinajstić information content (AvgIpc) is 2.48. The Morgan fingerprint density at radius 1 is 1.14 bits per heavy atom. The third-order valence-corrected chi connectivity index (χ3v) is 3.48. The molecule has 2 aromatic rings. The van der Waals surface area contributed by atoms with Gasteiger partial charge in [-0.3, -0.25) is 0 Å². The summed E-state index contributed by atoms with van der Waals surface area (Å²) in [5.41, 5.74) is 1.96. The van der Waals surface area contributed by atoms with Gasteiger partial charge in [0.15, 0.2) is 0 Å². The normalized spacial score (nSPS) is 11.0. The van der Waals surface area contributed by atoms with E-state index >= 15 is 0 Å². The summed E-state index contributed by atoms with van der Waals surface area (Å²) < 4.78 is 0.537. The van der Waals surface area contributed by atoms with E-state index in [2.05, 4.69) is 22.0 Å². The highest BCUT2D eigenvalue weighted by Gasteiger charge is 2.06. The van der Waals surface area contributed by atoms with Gasteiger partial charge in [0.05, 0.1) is 21.7 Å². The van der Waals surface area contributed by atoms with Crippen LogP contribution in [0.1, 0.15) is 21.5 Å². The zero-order valence-electron chi connectivity index (χ0n) is 10.7. The lowest BCUT2D eigenvalue weighted by Crippen LogP contribution is -1.95. The summed E-state index contributed by atoms with van der Waals surface area (Å²) in [6.45, 7) is 0. The van der Waals surface area contributed by atoms with Gasteiger partial charge in [0, 0.05) is 0 Å². The number of carboxylic acids is 1. The first-order chi connectivity index (χ1) is 10.0. The Bertz CT molecular complexity index is 758. The van der Waals surface area contributed by atoms with Gasteiger partial charge in [-0.1, -0.05) is 18.2 Å². The van der Waals surface area contributed by atoms with E-state index in [0.717, 1.165) is 5.56 Å². The lowest BCUT2D eigenvalue weighted by atomic mass is 10.0. The molecule has 2 rings (SSSR count). The smallest absolute Gasteiger partial charge is 0.335 e. The maximum atomic E-state index is 10.8. The van der Waals surface area contributed by atoms with Gasteiger partial charge in [-0.25, -0.2) is 4.79 Å². The predicted octanol–water partition coefficient (Wildman–Crippen LogP) is 3.92. The molecule has 0 aliphatic rings. The molecule has 2 N–H and O–H groups in total. The van der Waals surface area contributed by atoms with Gasteiger partial charge < -0.3 is 10.2 Å². The lowest BCUT2D eigenvalue weighted by Gasteiger charge is -2.02. The molecule has 21 heavy (non-hydrogen) atoms. The summed E-state index contributed by atoms with van der Waals surface area (Å²) in [5, 5.41) is 27.5. The van der Waals surface area contributed by atoms with Crippen LogP contribution in [0.3, 0.4) is 0 Å². The second-order valence-corrected chi connectivity index (χ2v) is 5.12. The first-order valence-corrected chi connectivity index (χ1v) is 6.74. The number of rotatable bonds is 3. The van der Waals surface area contributed by atoms with Crippen LogP contribution in [0, 0.1) is 11.3 Å². The molecule has 0 atom stereocenters. The first-order valence-electron chi connectivity index (χ1n) is 5.95. The molecule has 0 aromatic heterocycles. The van der Waals surface area contributed by atoms with E-state index < -0.39 is 5.97 Å². The number of hydrogen-bond donors (Lipinski definition) is 2. The summed E-state index contributed by atoms with van der Waals surface area (Å²) in [4.78, 5) is 10.8. The van der Waals surface area contributed by atoms with Crippen LogP contribution < -0.4 is 0 Å². The highest BCUT2D eigenvalue weighted by molar-refractivity contribution is 9.10. The van der Waals surface area contributed by atoms with Gasteiger partial charge in [-0.05, 0) is 57.4 Å². The summed E-state index contributed by atoms with van der Waals surface area (Å²) in [5.74, 6) is -0.886. The molecule has 104 valence electrons. The first kappa shape index (κ1) is 14.8. The van der Waals surface area contributed by atoms with E-state index in [-0.39, 0.29) is 11.3 Å². The number of phenolic OH excluding ortho intramolecular Hbond substituents is 1. The van der Waals surface area contributed by atoms with Crippen LogP contribution in [0.4, 0.5) is 0 Å². The third kappa shape index (κ3) is 3.50. The van der Waals surface area contributed by atoms with Crippen LogP contribution in [0.25, 0.3) is 11.6 Å². The second-order valence-electron chi connectivity index (χ2n) is 4.26. The Labute approximate surface area is 129 Å². The van der Waals surface area contributed by atoms with Gasteiger partial charge in [-0.15, -0.1) is 0 Å². The standard InChI is InChI=1S/C16H10BrNO3/c17-14-8-10(1-6-15(14)19)7-13(9-18)11-2-4-12(5-3-11)16(20)21/h1-8,19H,(H,20,21)/b13-7-. The predicted molar refractivity (Wildman–Crippen MR) is 82.7 cm³/mol. The monoisotopic (exact) mass is 343 g/mol. The van der Waals surface area contributed by atoms with E-state index in [1.165, 1.54) is 18.2 Å². The van der Waals surface area contributed by atoms with Crippen LogP contribution in [-0.4, -0.2) is 16.2 Å². The fraction of sp³-hybridized carbons (Fsp3) is 0. The Kier molecular flexibility index (Phi) is 4.41. The maximum Gasteiger partial charge on any atom is 0.335 e. The summed E-state index contributed by atoms with van der Waals surface area (Å²) in [6, 6.07) is 13.1. The Hall–Kier alpha value is -2.58. The molecule has 0 amide bonds. The van der Waals surface area contributed by atoms with Gasteiger partial charge in [-0.2, -0.15) is 5.26 Å². The number of nitrogens with zero attached hydrogens (tertiary/aromatic N) is 1. The number of benzene rings is 2. The molecule has 0 bridgehead atoms. The van der Waals surface area contributed by atoms with Crippen molar-refractivity contribution in [3.63, 3.8) is 0 Å². The molecule has 2 aromatic carbocycles. The minimum atomic E-state index is -1.01. The van der Waals surface area contributed by atoms with Crippen molar-refractivity contribution in [1.29, 1.82) is 5.26 Å². The minimum Gasteiger partial charge on any atom is -0.507 e. The van der Waals surface area contributed by atoms with Crippen molar-refractivity contribution in [2.24, 2.45) is 0 Å². The number of halogens is 1. The SMILES string of the molecule is N#C/C(=C/c1ccc(O)c(Br)c1)c1ccc(C(=O)O)cc1. The molecule has 0 spiro atoms. The molecule has 0 radical (unpaired) electrons. The van der Waals surface area contributed by atoms with E-state index in [4.69, 9.17) is 5.11 Å². The molecule has 0 fully saturated rings. The largest absolute Gasteiger partial charge is 0.507 e. The van der Waals surface area contributed by atoms with Crippen molar-refractivity contribution in [2.75, 3.05) is 0 Å². The van der Waals surface area contributed by atoms with Crippen molar-refractivity contribution in [1.82, 2.24) is 0 Å². The molecule has 0 saturated heterocycles. The summed E-state index contributed by atoms with van der Waals surface area (Å²) in [6.07, 6.45) is 1.67. The number of carbonyl (C=O) groups is 1. The number of carboxylic acid groups (broad SMARTS) is 1. The zero-order valence-corrected chi connectivity index (χ0v) is 12.3. The molecule has 4 nitrogen and oxygen atoms in total. The van der Waals surface area contributed by atoms with E-state index in [9.17, 15) is 15.2 Å². The van der Waals surface area contributed by atoms with Crippen LogP contribution in [0.15, 0.2) is 46.9 Å². The Morgan fingerprint density at radius 3 is 2.29 bits per heavy atom. The molecule has 0 aliphatic carbocycles. The molecule has 5 heteroatoms. The van der Waals surface area contributed by atoms with Crippen LogP contribution >= 0.6 is 15.9 Å². The lowest BCUT2D eigenvalue weighted by molar-refractivity contribution is 0.0697. The molecule has 0 saturated carbocycles. The number of hydrogen-bond acceptors (Lipinski definition) is 3. The van der Waals surface area contributed by atoms with E-state index in [0.29, 0.717) is 15.6 Å². The highest BCUT2D eigenvalue weighted by Crippen LogP contribution is 2.26.